The summed E-state index contributed by atoms with van der Waals surface area (Å²) in [6.07, 6.45) is 0.732. The first kappa shape index (κ1) is 13.1. The van der Waals surface area contributed by atoms with Crippen LogP contribution in [0, 0.1) is 0 Å². The Morgan fingerprint density at radius 2 is 2.06 bits per heavy atom. The molecule has 4 heteroatoms. The molecule has 0 unspecified atom stereocenters. The molecule has 4 nitrogen and oxygen atoms in total. The van der Waals surface area contributed by atoms with E-state index in [2.05, 4.69) is 6.58 Å². The number of ether oxygens (including phenoxy) is 2. The SMILES string of the molecule is C=Cc1ccc(OC(=O)OC(C)(C)C)c(O)c1. The molecule has 0 saturated heterocycles. The molecule has 1 aromatic rings. The number of rotatable bonds is 2. The van der Waals surface area contributed by atoms with Crippen LogP contribution in [0.25, 0.3) is 6.08 Å². The van der Waals surface area contributed by atoms with Crippen LogP contribution in [0.4, 0.5) is 4.79 Å². The topological polar surface area (TPSA) is 55.8 Å². The Bertz CT molecular complexity index is 430. The number of carbonyl (C=O) groups excluding carboxylic acids is 1. The molecule has 0 atom stereocenters. The molecule has 0 amide bonds. The zero-order chi connectivity index (χ0) is 13.1. The molecule has 0 saturated carbocycles. The van der Waals surface area contributed by atoms with Gasteiger partial charge in [0.15, 0.2) is 11.5 Å². The van der Waals surface area contributed by atoms with Gasteiger partial charge in [-0.15, -0.1) is 0 Å². The van der Waals surface area contributed by atoms with Gasteiger partial charge in [0.2, 0.25) is 0 Å². The third kappa shape index (κ3) is 4.18. The predicted octanol–water partition coefficient (Wildman–Crippen LogP) is 3.35. The van der Waals surface area contributed by atoms with E-state index in [1.807, 2.05) is 0 Å². The summed E-state index contributed by atoms with van der Waals surface area (Å²) in [4.78, 5) is 11.4. The number of phenols is 1. The summed E-state index contributed by atoms with van der Waals surface area (Å²) >= 11 is 0. The molecule has 0 fully saturated rings. The minimum atomic E-state index is -0.848. The van der Waals surface area contributed by atoms with Crippen LogP contribution >= 0.6 is 0 Å². The van der Waals surface area contributed by atoms with Crippen molar-refractivity contribution in [3.05, 3.63) is 30.3 Å². The molecule has 1 N–H and O–H groups in total. The lowest BCUT2D eigenvalue weighted by Gasteiger charge is -2.18. The zero-order valence-electron chi connectivity index (χ0n) is 10.2. The Balaban J connectivity index is 2.75. The molecule has 0 aromatic heterocycles. The van der Waals surface area contributed by atoms with Crippen molar-refractivity contribution in [2.75, 3.05) is 0 Å². The molecule has 0 heterocycles. The average molecular weight is 236 g/mol. The fourth-order valence-corrected chi connectivity index (χ4v) is 1.11. The highest BCUT2D eigenvalue weighted by atomic mass is 16.7. The average Bonchev–Trinajstić information content (AvgIpc) is 2.18. The number of aromatic hydroxyl groups is 1. The van der Waals surface area contributed by atoms with Gasteiger partial charge < -0.3 is 14.6 Å². The smallest absolute Gasteiger partial charge is 0.504 e. The van der Waals surface area contributed by atoms with Crippen molar-refractivity contribution in [2.45, 2.75) is 26.4 Å². The Hall–Kier alpha value is -1.97. The van der Waals surface area contributed by atoms with E-state index in [1.54, 1.807) is 32.9 Å². The summed E-state index contributed by atoms with van der Waals surface area (Å²) in [5.74, 6) is -0.0712. The zero-order valence-corrected chi connectivity index (χ0v) is 10.2. The second-order valence-electron chi connectivity index (χ2n) is 4.50. The first-order valence-electron chi connectivity index (χ1n) is 5.18. The van der Waals surface area contributed by atoms with E-state index in [1.165, 1.54) is 12.1 Å². The Morgan fingerprint density at radius 3 is 2.53 bits per heavy atom. The Labute approximate surface area is 100 Å². The Kier molecular flexibility index (Phi) is 3.78. The summed E-state index contributed by atoms with van der Waals surface area (Å²) in [6.45, 7) is 8.76. The van der Waals surface area contributed by atoms with Crippen LogP contribution in [0.3, 0.4) is 0 Å². The molecule has 0 spiro atoms. The van der Waals surface area contributed by atoms with Crippen molar-refractivity contribution < 1.29 is 19.4 Å². The van der Waals surface area contributed by atoms with Crippen molar-refractivity contribution in [3.63, 3.8) is 0 Å². The molecule has 0 radical (unpaired) electrons. The first-order chi connectivity index (χ1) is 7.81. The van der Waals surface area contributed by atoms with Crippen LogP contribution in [0.1, 0.15) is 26.3 Å². The minimum Gasteiger partial charge on any atom is -0.504 e. The normalized spacial score (nSPS) is 10.8. The van der Waals surface area contributed by atoms with Crippen LogP contribution in [-0.4, -0.2) is 16.9 Å². The monoisotopic (exact) mass is 236 g/mol. The van der Waals surface area contributed by atoms with Gasteiger partial charge in [-0.05, 0) is 38.5 Å². The van der Waals surface area contributed by atoms with Crippen LogP contribution in [-0.2, 0) is 4.74 Å². The number of hydrogen-bond acceptors (Lipinski definition) is 4. The van der Waals surface area contributed by atoms with Gasteiger partial charge >= 0.3 is 6.16 Å². The van der Waals surface area contributed by atoms with E-state index < -0.39 is 11.8 Å². The second kappa shape index (κ2) is 4.91. The van der Waals surface area contributed by atoms with Gasteiger partial charge in [-0.1, -0.05) is 18.7 Å². The molecule has 0 aliphatic heterocycles. The van der Waals surface area contributed by atoms with Crippen LogP contribution in [0.15, 0.2) is 24.8 Å². The summed E-state index contributed by atoms with van der Waals surface area (Å²) in [5, 5.41) is 9.59. The minimum absolute atomic E-state index is 0.0600. The second-order valence-corrected chi connectivity index (χ2v) is 4.50. The summed E-state index contributed by atoms with van der Waals surface area (Å²) in [7, 11) is 0. The maximum atomic E-state index is 11.4. The lowest BCUT2D eigenvalue weighted by molar-refractivity contribution is 0.0201. The number of benzene rings is 1. The molecule has 0 aliphatic rings. The molecular formula is C13H16O4. The van der Waals surface area contributed by atoms with E-state index in [-0.39, 0.29) is 11.5 Å². The summed E-state index contributed by atoms with van der Waals surface area (Å²) < 4.78 is 9.84. The highest BCUT2D eigenvalue weighted by Gasteiger charge is 2.19. The van der Waals surface area contributed by atoms with Crippen molar-refractivity contribution in [2.24, 2.45) is 0 Å². The van der Waals surface area contributed by atoms with Crippen LogP contribution in [0.2, 0.25) is 0 Å². The van der Waals surface area contributed by atoms with Gasteiger partial charge in [0.1, 0.15) is 5.60 Å². The predicted molar refractivity (Wildman–Crippen MR) is 65.1 cm³/mol. The third-order valence-electron chi connectivity index (χ3n) is 1.80. The lowest BCUT2D eigenvalue weighted by Crippen LogP contribution is -2.25. The Morgan fingerprint density at radius 1 is 1.41 bits per heavy atom. The first-order valence-corrected chi connectivity index (χ1v) is 5.18. The van der Waals surface area contributed by atoms with E-state index in [9.17, 15) is 9.90 Å². The van der Waals surface area contributed by atoms with Gasteiger partial charge in [-0.3, -0.25) is 0 Å². The number of carbonyl (C=O) groups is 1. The van der Waals surface area contributed by atoms with Crippen LogP contribution in [0.5, 0.6) is 11.5 Å². The third-order valence-corrected chi connectivity index (χ3v) is 1.80. The van der Waals surface area contributed by atoms with Crippen molar-refractivity contribution in [3.8, 4) is 11.5 Å². The maximum Gasteiger partial charge on any atom is 0.514 e. The van der Waals surface area contributed by atoms with Gasteiger partial charge in [0.05, 0.1) is 0 Å². The van der Waals surface area contributed by atoms with Crippen molar-refractivity contribution in [1.29, 1.82) is 0 Å². The van der Waals surface area contributed by atoms with Crippen molar-refractivity contribution >= 4 is 12.2 Å². The van der Waals surface area contributed by atoms with E-state index in [4.69, 9.17) is 9.47 Å². The van der Waals surface area contributed by atoms with E-state index >= 15 is 0 Å². The highest BCUT2D eigenvalue weighted by Crippen LogP contribution is 2.27. The lowest BCUT2D eigenvalue weighted by atomic mass is 10.2. The molecular weight excluding hydrogens is 220 g/mol. The quantitative estimate of drug-likeness (QED) is 0.632. The number of phenolic OH excluding ortho intramolecular Hbond substituents is 1. The molecule has 1 rings (SSSR count). The fourth-order valence-electron chi connectivity index (χ4n) is 1.11. The molecule has 1 aromatic carbocycles. The molecule has 0 bridgehead atoms. The van der Waals surface area contributed by atoms with Gasteiger partial charge in [0, 0.05) is 0 Å². The standard InChI is InChI=1S/C13H16O4/c1-5-9-6-7-11(10(14)8-9)16-12(15)17-13(2,3)4/h5-8,14H,1H2,2-4H3. The summed E-state index contributed by atoms with van der Waals surface area (Å²) in [5.41, 5.74) is 0.104. The largest absolute Gasteiger partial charge is 0.514 e. The summed E-state index contributed by atoms with van der Waals surface area (Å²) in [6, 6.07) is 4.61. The highest BCUT2D eigenvalue weighted by molar-refractivity contribution is 5.66. The van der Waals surface area contributed by atoms with Crippen molar-refractivity contribution in [1.82, 2.24) is 0 Å². The molecule has 0 aliphatic carbocycles. The molecule has 92 valence electrons. The molecule has 17 heavy (non-hydrogen) atoms. The maximum absolute atomic E-state index is 11.4. The van der Waals surface area contributed by atoms with Gasteiger partial charge in [-0.2, -0.15) is 0 Å². The van der Waals surface area contributed by atoms with E-state index in [0.717, 1.165) is 5.56 Å². The van der Waals surface area contributed by atoms with E-state index in [0.29, 0.717) is 0 Å². The number of hydrogen-bond donors (Lipinski definition) is 1. The van der Waals surface area contributed by atoms with Crippen LogP contribution < -0.4 is 4.74 Å². The van der Waals surface area contributed by atoms with Gasteiger partial charge in [0.25, 0.3) is 0 Å². The fraction of sp³-hybridized carbons (Fsp3) is 0.308. The van der Waals surface area contributed by atoms with Gasteiger partial charge in [-0.25, -0.2) is 4.79 Å².